The lowest BCUT2D eigenvalue weighted by atomic mass is 9.99. The van der Waals surface area contributed by atoms with Crippen LogP contribution < -0.4 is 10.1 Å². The fourth-order valence-electron chi connectivity index (χ4n) is 3.52. The third-order valence-corrected chi connectivity index (χ3v) is 4.76. The monoisotopic (exact) mass is 389 g/mol. The molecule has 0 saturated carbocycles. The number of hydrogen-bond donors (Lipinski definition) is 1. The molecule has 146 valence electrons. The van der Waals surface area contributed by atoms with Gasteiger partial charge in [-0.15, -0.1) is 0 Å². The predicted octanol–water partition coefficient (Wildman–Crippen LogP) is 4.35. The number of para-hydroxylation sites is 2. The molecule has 2 aromatic carbocycles. The summed E-state index contributed by atoms with van der Waals surface area (Å²) in [6.07, 6.45) is 0. The standard InChI is InChI=1S/C21H19N5O3/c1-13-17-18(15-11-7-8-12-16(15)29-3)19(26(27)28)20(22-2)23-21(17)25(24-13)14-9-5-4-6-10-14/h4-12H,1-3H3,(H,22,23). The molecule has 0 fully saturated rings. The van der Waals surface area contributed by atoms with Gasteiger partial charge in [-0.2, -0.15) is 5.10 Å². The van der Waals surface area contributed by atoms with Gasteiger partial charge >= 0.3 is 5.69 Å². The summed E-state index contributed by atoms with van der Waals surface area (Å²) in [4.78, 5) is 16.2. The van der Waals surface area contributed by atoms with Crippen molar-refractivity contribution in [3.05, 3.63) is 70.4 Å². The van der Waals surface area contributed by atoms with Gasteiger partial charge in [-0.25, -0.2) is 9.67 Å². The van der Waals surface area contributed by atoms with E-state index in [-0.39, 0.29) is 11.5 Å². The number of anilines is 1. The summed E-state index contributed by atoms with van der Waals surface area (Å²) in [5.74, 6) is 0.706. The zero-order valence-electron chi connectivity index (χ0n) is 16.2. The molecule has 0 aliphatic carbocycles. The second-order valence-electron chi connectivity index (χ2n) is 6.42. The Morgan fingerprint density at radius 1 is 1.10 bits per heavy atom. The molecule has 0 aliphatic rings. The summed E-state index contributed by atoms with van der Waals surface area (Å²) >= 11 is 0. The number of hydrogen-bond acceptors (Lipinski definition) is 6. The second-order valence-corrected chi connectivity index (χ2v) is 6.42. The van der Waals surface area contributed by atoms with Crippen molar-refractivity contribution in [2.24, 2.45) is 0 Å². The first-order valence-corrected chi connectivity index (χ1v) is 9.01. The van der Waals surface area contributed by atoms with Crippen LogP contribution in [-0.4, -0.2) is 33.8 Å². The number of pyridine rings is 1. The molecule has 8 nitrogen and oxygen atoms in total. The lowest BCUT2D eigenvalue weighted by molar-refractivity contribution is -0.383. The van der Waals surface area contributed by atoms with E-state index in [4.69, 9.17) is 4.74 Å². The molecule has 0 unspecified atom stereocenters. The van der Waals surface area contributed by atoms with Gasteiger partial charge in [0.2, 0.25) is 5.82 Å². The van der Waals surface area contributed by atoms with Gasteiger partial charge in [0, 0.05) is 12.6 Å². The van der Waals surface area contributed by atoms with Crippen LogP contribution in [0.4, 0.5) is 11.5 Å². The van der Waals surface area contributed by atoms with Gasteiger partial charge in [0.15, 0.2) is 5.65 Å². The third-order valence-electron chi connectivity index (χ3n) is 4.76. The topological polar surface area (TPSA) is 95.1 Å². The van der Waals surface area contributed by atoms with Gasteiger partial charge in [0.05, 0.1) is 34.4 Å². The molecule has 29 heavy (non-hydrogen) atoms. The fraction of sp³-hybridized carbons (Fsp3) is 0.143. The van der Waals surface area contributed by atoms with Crippen LogP contribution in [0.2, 0.25) is 0 Å². The molecule has 0 spiro atoms. The summed E-state index contributed by atoms with van der Waals surface area (Å²) in [5.41, 5.74) is 2.93. The minimum atomic E-state index is -0.417. The Morgan fingerprint density at radius 3 is 2.45 bits per heavy atom. The highest BCUT2D eigenvalue weighted by Gasteiger charge is 2.30. The number of nitrogens with one attached hydrogen (secondary N) is 1. The number of fused-ring (bicyclic) bond motifs is 1. The van der Waals surface area contributed by atoms with Crippen molar-refractivity contribution >= 4 is 22.5 Å². The first-order chi connectivity index (χ1) is 14.1. The molecule has 0 atom stereocenters. The predicted molar refractivity (Wildman–Crippen MR) is 112 cm³/mol. The number of rotatable bonds is 5. The van der Waals surface area contributed by atoms with E-state index < -0.39 is 4.92 Å². The Kier molecular flexibility index (Phi) is 4.59. The lowest BCUT2D eigenvalue weighted by Gasteiger charge is -2.13. The van der Waals surface area contributed by atoms with Crippen molar-refractivity contribution in [1.82, 2.24) is 14.8 Å². The molecule has 2 aromatic heterocycles. The lowest BCUT2D eigenvalue weighted by Crippen LogP contribution is -2.05. The molecule has 0 amide bonds. The van der Waals surface area contributed by atoms with E-state index in [2.05, 4.69) is 15.4 Å². The number of aryl methyl sites for hydroxylation is 1. The van der Waals surface area contributed by atoms with Crippen LogP contribution in [-0.2, 0) is 0 Å². The van der Waals surface area contributed by atoms with Gasteiger partial charge in [0.25, 0.3) is 0 Å². The summed E-state index contributed by atoms with van der Waals surface area (Å²) in [6, 6.07) is 16.8. The highest BCUT2D eigenvalue weighted by atomic mass is 16.6. The van der Waals surface area contributed by atoms with E-state index in [1.54, 1.807) is 31.0 Å². The van der Waals surface area contributed by atoms with E-state index in [1.807, 2.05) is 49.4 Å². The summed E-state index contributed by atoms with van der Waals surface area (Å²) in [5, 5.41) is 20.2. The van der Waals surface area contributed by atoms with E-state index in [1.165, 1.54) is 0 Å². The SMILES string of the molecule is CNc1nc2c(c(C)nn2-c2ccccc2)c(-c2ccccc2OC)c1[N+](=O)[O-]. The number of benzene rings is 2. The Hall–Kier alpha value is -3.94. The van der Waals surface area contributed by atoms with Crippen LogP contribution in [0.15, 0.2) is 54.6 Å². The smallest absolute Gasteiger partial charge is 0.320 e. The molecule has 4 rings (SSSR count). The number of ether oxygens (including phenoxy) is 1. The van der Waals surface area contributed by atoms with Crippen LogP contribution >= 0.6 is 0 Å². The Morgan fingerprint density at radius 2 is 1.79 bits per heavy atom. The first-order valence-electron chi connectivity index (χ1n) is 9.01. The Bertz CT molecular complexity index is 1220. The average molecular weight is 389 g/mol. The van der Waals surface area contributed by atoms with Crippen molar-refractivity contribution in [2.75, 3.05) is 19.5 Å². The van der Waals surface area contributed by atoms with E-state index in [0.717, 1.165) is 5.69 Å². The second kappa shape index (κ2) is 7.23. The van der Waals surface area contributed by atoms with Gasteiger partial charge in [0.1, 0.15) is 5.75 Å². The molecule has 8 heteroatoms. The van der Waals surface area contributed by atoms with E-state index in [0.29, 0.717) is 33.6 Å². The highest BCUT2D eigenvalue weighted by molar-refractivity contribution is 6.04. The molecular weight excluding hydrogens is 370 g/mol. The number of aromatic nitrogens is 3. The molecule has 0 radical (unpaired) electrons. The molecule has 0 saturated heterocycles. The number of nitro groups is 1. The van der Waals surface area contributed by atoms with Gasteiger partial charge in [-0.1, -0.05) is 36.4 Å². The highest BCUT2D eigenvalue weighted by Crippen LogP contribution is 2.45. The maximum absolute atomic E-state index is 12.1. The molecule has 4 aromatic rings. The van der Waals surface area contributed by atoms with Crippen LogP contribution in [0.25, 0.3) is 27.8 Å². The maximum atomic E-state index is 12.1. The van der Waals surface area contributed by atoms with Crippen LogP contribution in [0, 0.1) is 17.0 Å². The summed E-state index contributed by atoms with van der Waals surface area (Å²) in [6.45, 7) is 1.82. The van der Waals surface area contributed by atoms with Crippen LogP contribution in [0.5, 0.6) is 5.75 Å². The maximum Gasteiger partial charge on any atom is 0.320 e. The summed E-state index contributed by atoms with van der Waals surface area (Å²) < 4.78 is 7.20. The van der Waals surface area contributed by atoms with Crippen molar-refractivity contribution in [2.45, 2.75) is 6.92 Å². The third kappa shape index (κ3) is 2.94. The van der Waals surface area contributed by atoms with Crippen LogP contribution in [0.1, 0.15) is 5.69 Å². The van der Waals surface area contributed by atoms with Gasteiger partial charge in [-0.3, -0.25) is 10.1 Å². The zero-order valence-corrected chi connectivity index (χ0v) is 16.2. The largest absolute Gasteiger partial charge is 0.496 e. The quantitative estimate of drug-likeness (QED) is 0.403. The van der Waals surface area contributed by atoms with Crippen LogP contribution in [0.3, 0.4) is 0 Å². The Balaban J connectivity index is 2.19. The molecule has 0 aliphatic heterocycles. The van der Waals surface area contributed by atoms with Crippen molar-refractivity contribution in [3.63, 3.8) is 0 Å². The van der Waals surface area contributed by atoms with Crippen molar-refractivity contribution in [1.29, 1.82) is 0 Å². The number of methoxy groups -OCH3 is 1. The zero-order chi connectivity index (χ0) is 20.5. The molecule has 0 bridgehead atoms. The molecule has 2 heterocycles. The Labute approximate surface area is 166 Å². The van der Waals surface area contributed by atoms with E-state index in [9.17, 15) is 10.1 Å². The van der Waals surface area contributed by atoms with Gasteiger partial charge in [-0.05, 0) is 25.1 Å². The molecular formula is C21H19N5O3. The van der Waals surface area contributed by atoms with Crippen molar-refractivity contribution < 1.29 is 9.66 Å². The minimum Gasteiger partial charge on any atom is -0.496 e. The molecule has 1 N–H and O–H groups in total. The summed E-state index contributed by atoms with van der Waals surface area (Å²) in [7, 11) is 3.16. The fourth-order valence-corrected chi connectivity index (χ4v) is 3.52. The van der Waals surface area contributed by atoms with E-state index >= 15 is 0 Å². The van der Waals surface area contributed by atoms with Gasteiger partial charge < -0.3 is 10.1 Å². The normalized spacial score (nSPS) is 10.9. The number of nitrogens with zero attached hydrogens (tertiary/aromatic N) is 4. The first kappa shape index (κ1) is 18.4. The average Bonchev–Trinajstić information content (AvgIpc) is 3.09. The van der Waals surface area contributed by atoms with Crippen molar-refractivity contribution in [3.8, 4) is 22.6 Å². The minimum absolute atomic E-state index is 0.111.